The van der Waals surface area contributed by atoms with E-state index < -0.39 is 0 Å². The molecule has 7 nitrogen and oxygen atoms in total. The van der Waals surface area contributed by atoms with Gasteiger partial charge in [0.05, 0.1) is 5.52 Å². The van der Waals surface area contributed by atoms with Gasteiger partial charge in [-0.05, 0) is 30.3 Å². The highest BCUT2D eigenvalue weighted by molar-refractivity contribution is 6.07. The second-order valence-corrected chi connectivity index (χ2v) is 6.59. The molecule has 2 heterocycles. The van der Waals surface area contributed by atoms with E-state index >= 15 is 0 Å². The van der Waals surface area contributed by atoms with Crippen LogP contribution in [0.2, 0.25) is 0 Å². The molecule has 0 saturated heterocycles. The Kier molecular flexibility index (Phi) is 4.18. The molecule has 0 aliphatic rings. The average molecular weight is 382 g/mol. The average Bonchev–Trinajstić information content (AvgIpc) is 3.10. The molecule has 0 unspecified atom stereocenters. The first-order valence-corrected chi connectivity index (χ1v) is 9.20. The van der Waals surface area contributed by atoms with Gasteiger partial charge in [-0.25, -0.2) is 0 Å². The molecule has 0 fully saturated rings. The van der Waals surface area contributed by atoms with Crippen LogP contribution in [0.15, 0.2) is 72.8 Å². The van der Waals surface area contributed by atoms with Gasteiger partial charge in [-0.15, -0.1) is 0 Å². The number of anilines is 3. The smallest absolute Gasteiger partial charge is 0.232 e. The van der Waals surface area contributed by atoms with Crippen molar-refractivity contribution in [3.05, 3.63) is 78.6 Å². The summed E-state index contributed by atoms with van der Waals surface area (Å²) in [5.41, 5.74) is 8.82. The van der Waals surface area contributed by atoms with Gasteiger partial charge in [0.2, 0.25) is 11.9 Å². The highest BCUT2D eigenvalue weighted by atomic mass is 16.5. The van der Waals surface area contributed by atoms with Crippen molar-refractivity contribution in [1.29, 1.82) is 0 Å². The quantitative estimate of drug-likeness (QED) is 0.416. The Balaban J connectivity index is 1.36. The molecule has 0 atom stereocenters. The first kappa shape index (κ1) is 17.0. The number of para-hydroxylation sites is 2. The molecule has 0 radical (unpaired) electrons. The zero-order valence-corrected chi connectivity index (χ0v) is 15.5. The standard InChI is InChI=1S/C22H18N6O/c23-21-26-20(27-22(28-21)24-14-6-2-1-3-7-14)13-29-15-10-11-17-16-8-4-5-9-18(16)25-19(17)12-15/h1-12,25H,13H2,(H3,23,24,26,27,28). The Morgan fingerprint density at radius 1 is 0.828 bits per heavy atom. The lowest BCUT2D eigenvalue weighted by atomic mass is 10.1. The third-order valence-electron chi connectivity index (χ3n) is 4.57. The van der Waals surface area contributed by atoms with Crippen LogP contribution in [0.5, 0.6) is 5.75 Å². The van der Waals surface area contributed by atoms with Crippen molar-refractivity contribution in [1.82, 2.24) is 19.9 Å². The summed E-state index contributed by atoms with van der Waals surface area (Å²) in [4.78, 5) is 16.1. The van der Waals surface area contributed by atoms with Gasteiger partial charge in [0.15, 0.2) is 5.82 Å². The summed E-state index contributed by atoms with van der Waals surface area (Å²) in [6.45, 7) is 0.182. The lowest BCUT2D eigenvalue weighted by Gasteiger charge is -2.09. The molecule has 0 saturated carbocycles. The zero-order valence-electron chi connectivity index (χ0n) is 15.5. The Bertz CT molecular complexity index is 1300. The van der Waals surface area contributed by atoms with Crippen LogP contribution < -0.4 is 15.8 Å². The number of nitrogens with two attached hydrogens (primary N) is 1. The summed E-state index contributed by atoms with van der Waals surface area (Å²) in [6.07, 6.45) is 0. The van der Waals surface area contributed by atoms with E-state index in [-0.39, 0.29) is 12.6 Å². The van der Waals surface area contributed by atoms with Crippen LogP contribution in [0.25, 0.3) is 21.8 Å². The van der Waals surface area contributed by atoms with E-state index in [9.17, 15) is 0 Å². The Morgan fingerprint density at radius 2 is 1.62 bits per heavy atom. The lowest BCUT2D eigenvalue weighted by molar-refractivity contribution is 0.296. The number of ether oxygens (including phenoxy) is 1. The second kappa shape index (κ2) is 7.12. The molecule has 2 aromatic heterocycles. The van der Waals surface area contributed by atoms with Gasteiger partial charge in [0.1, 0.15) is 12.4 Å². The molecule has 0 amide bonds. The minimum atomic E-state index is 0.142. The summed E-state index contributed by atoms with van der Waals surface area (Å²) in [5, 5.41) is 5.47. The molecule has 0 spiro atoms. The summed E-state index contributed by atoms with van der Waals surface area (Å²) >= 11 is 0. The molecule has 142 valence electrons. The van der Waals surface area contributed by atoms with Crippen molar-refractivity contribution < 1.29 is 4.74 Å². The molecular formula is C22H18N6O. The molecule has 0 aliphatic carbocycles. The van der Waals surface area contributed by atoms with Gasteiger partial charge in [0.25, 0.3) is 0 Å². The number of hydrogen-bond acceptors (Lipinski definition) is 6. The summed E-state index contributed by atoms with van der Waals surface area (Å²) in [6, 6.07) is 23.8. The Labute approximate surface area is 166 Å². The number of H-pyrrole nitrogens is 1. The van der Waals surface area contributed by atoms with Crippen LogP contribution in [0, 0.1) is 0 Å². The monoisotopic (exact) mass is 382 g/mol. The SMILES string of the molecule is Nc1nc(COc2ccc3c(c2)[nH]c2ccccc23)nc(Nc2ccccc2)n1. The number of nitrogens with zero attached hydrogens (tertiary/aromatic N) is 3. The van der Waals surface area contributed by atoms with E-state index in [0.717, 1.165) is 27.9 Å². The Morgan fingerprint density at radius 3 is 2.52 bits per heavy atom. The van der Waals surface area contributed by atoms with Crippen molar-refractivity contribution >= 4 is 39.4 Å². The number of aromatic nitrogens is 4. The predicted octanol–water partition coefficient (Wildman–Crippen LogP) is 4.41. The molecule has 5 rings (SSSR count). The fourth-order valence-electron chi connectivity index (χ4n) is 3.28. The van der Waals surface area contributed by atoms with Crippen LogP contribution in [0.1, 0.15) is 5.82 Å². The van der Waals surface area contributed by atoms with Crippen molar-refractivity contribution in [2.45, 2.75) is 6.61 Å². The first-order chi connectivity index (χ1) is 14.2. The summed E-state index contributed by atoms with van der Waals surface area (Å²) in [7, 11) is 0. The fraction of sp³-hybridized carbons (Fsp3) is 0.0455. The Hall–Kier alpha value is -4.13. The van der Waals surface area contributed by atoms with Crippen LogP contribution in [0.4, 0.5) is 17.6 Å². The van der Waals surface area contributed by atoms with Crippen molar-refractivity contribution in [2.75, 3.05) is 11.1 Å². The minimum Gasteiger partial charge on any atom is -0.486 e. The van der Waals surface area contributed by atoms with E-state index in [1.807, 2.05) is 60.7 Å². The van der Waals surface area contributed by atoms with E-state index in [1.165, 1.54) is 5.39 Å². The number of rotatable bonds is 5. The molecule has 0 aliphatic heterocycles. The predicted molar refractivity (Wildman–Crippen MR) is 114 cm³/mol. The van der Waals surface area contributed by atoms with Gasteiger partial charge in [-0.1, -0.05) is 36.4 Å². The van der Waals surface area contributed by atoms with Crippen molar-refractivity contribution in [3.63, 3.8) is 0 Å². The van der Waals surface area contributed by atoms with Gasteiger partial charge in [-0.2, -0.15) is 15.0 Å². The minimum absolute atomic E-state index is 0.142. The van der Waals surface area contributed by atoms with E-state index in [1.54, 1.807) is 0 Å². The highest BCUT2D eigenvalue weighted by Gasteiger charge is 2.08. The molecule has 5 aromatic rings. The zero-order chi connectivity index (χ0) is 19.6. The number of hydrogen-bond donors (Lipinski definition) is 3. The number of fused-ring (bicyclic) bond motifs is 3. The number of benzene rings is 3. The van der Waals surface area contributed by atoms with Gasteiger partial charge in [-0.3, -0.25) is 0 Å². The summed E-state index contributed by atoms with van der Waals surface area (Å²) in [5.74, 6) is 1.70. The third kappa shape index (κ3) is 3.53. The van der Waals surface area contributed by atoms with Crippen LogP contribution in [-0.4, -0.2) is 19.9 Å². The molecule has 7 heteroatoms. The normalized spacial score (nSPS) is 11.0. The van der Waals surface area contributed by atoms with Crippen molar-refractivity contribution in [3.8, 4) is 5.75 Å². The van der Waals surface area contributed by atoms with Crippen LogP contribution in [-0.2, 0) is 6.61 Å². The maximum atomic E-state index is 5.90. The first-order valence-electron chi connectivity index (χ1n) is 9.20. The third-order valence-corrected chi connectivity index (χ3v) is 4.57. The van der Waals surface area contributed by atoms with E-state index in [2.05, 4.69) is 37.4 Å². The molecule has 0 bridgehead atoms. The maximum Gasteiger partial charge on any atom is 0.232 e. The molecule has 29 heavy (non-hydrogen) atoms. The maximum absolute atomic E-state index is 5.90. The second-order valence-electron chi connectivity index (χ2n) is 6.59. The van der Waals surface area contributed by atoms with Crippen molar-refractivity contribution in [2.24, 2.45) is 0 Å². The molecular weight excluding hydrogens is 364 g/mol. The van der Waals surface area contributed by atoms with E-state index in [4.69, 9.17) is 10.5 Å². The summed E-state index contributed by atoms with van der Waals surface area (Å²) < 4.78 is 5.90. The lowest BCUT2D eigenvalue weighted by Crippen LogP contribution is -2.09. The van der Waals surface area contributed by atoms with E-state index in [0.29, 0.717) is 11.8 Å². The fourth-order valence-corrected chi connectivity index (χ4v) is 3.28. The van der Waals surface area contributed by atoms with Gasteiger partial charge >= 0.3 is 0 Å². The topological polar surface area (TPSA) is 102 Å². The van der Waals surface area contributed by atoms with Crippen LogP contribution >= 0.6 is 0 Å². The molecule has 4 N–H and O–H groups in total. The molecule has 3 aromatic carbocycles. The van der Waals surface area contributed by atoms with Gasteiger partial charge in [0, 0.05) is 28.0 Å². The largest absolute Gasteiger partial charge is 0.486 e. The number of nitrogen functional groups attached to an aromatic ring is 1. The van der Waals surface area contributed by atoms with Crippen LogP contribution in [0.3, 0.4) is 0 Å². The van der Waals surface area contributed by atoms with Gasteiger partial charge < -0.3 is 20.8 Å². The number of aromatic amines is 1. The highest BCUT2D eigenvalue weighted by Crippen LogP contribution is 2.28. The number of nitrogens with one attached hydrogen (secondary N) is 2.